The fourth-order valence-electron chi connectivity index (χ4n) is 2.25. The third kappa shape index (κ3) is 2.97. The number of ether oxygens (including phenoxy) is 1. The van der Waals surface area contributed by atoms with Crippen molar-refractivity contribution in [3.63, 3.8) is 0 Å². The van der Waals surface area contributed by atoms with Gasteiger partial charge in [0, 0.05) is 24.8 Å². The van der Waals surface area contributed by atoms with E-state index in [1.165, 1.54) is 11.1 Å². The Kier molecular flexibility index (Phi) is 4.22. The molecular weight excluding hydrogens is 222 g/mol. The number of rotatable bonds is 5. The number of halogens is 1. The smallest absolute Gasteiger partial charge is 0.0474 e. The lowest BCUT2D eigenvalue weighted by molar-refractivity contribution is 0.193. The number of hydrogen-bond acceptors (Lipinski definition) is 2. The van der Waals surface area contributed by atoms with Crippen molar-refractivity contribution in [3.05, 3.63) is 34.3 Å². The van der Waals surface area contributed by atoms with Crippen LogP contribution in [0.2, 0.25) is 5.02 Å². The van der Waals surface area contributed by atoms with Crippen LogP contribution in [0.25, 0.3) is 0 Å². The molecule has 1 aromatic rings. The molecular formula is C13H18ClNO. The largest absolute Gasteiger partial charge is 0.385 e. The average Bonchev–Trinajstić information content (AvgIpc) is 2.66. The predicted molar refractivity (Wildman–Crippen MR) is 67.1 cm³/mol. The molecule has 0 heterocycles. The van der Waals surface area contributed by atoms with Crippen LogP contribution in [0, 0.1) is 0 Å². The van der Waals surface area contributed by atoms with Crippen LogP contribution in [-0.2, 0) is 17.6 Å². The first-order valence-corrected chi connectivity index (χ1v) is 6.17. The minimum absolute atomic E-state index is 0.574. The topological polar surface area (TPSA) is 21.3 Å². The quantitative estimate of drug-likeness (QED) is 0.797. The second-order valence-corrected chi connectivity index (χ2v) is 4.76. The molecule has 2 rings (SSSR count). The van der Waals surface area contributed by atoms with Gasteiger partial charge in [-0.05, 0) is 49.1 Å². The van der Waals surface area contributed by atoms with Crippen molar-refractivity contribution in [2.45, 2.75) is 25.3 Å². The molecule has 1 aliphatic rings. The number of benzene rings is 1. The first-order chi connectivity index (χ1) is 7.79. The van der Waals surface area contributed by atoms with Crippen molar-refractivity contribution < 1.29 is 4.74 Å². The van der Waals surface area contributed by atoms with E-state index in [1.807, 2.05) is 6.07 Å². The molecule has 0 spiro atoms. The highest BCUT2D eigenvalue weighted by Crippen LogP contribution is 2.25. The summed E-state index contributed by atoms with van der Waals surface area (Å²) in [6.45, 7) is 1.86. The van der Waals surface area contributed by atoms with Gasteiger partial charge < -0.3 is 10.1 Å². The van der Waals surface area contributed by atoms with Crippen LogP contribution in [0.5, 0.6) is 0 Å². The van der Waals surface area contributed by atoms with E-state index in [0.717, 1.165) is 37.4 Å². The molecule has 2 nitrogen and oxygen atoms in total. The summed E-state index contributed by atoms with van der Waals surface area (Å²) in [5.74, 6) is 0. The van der Waals surface area contributed by atoms with Crippen molar-refractivity contribution in [2.24, 2.45) is 0 Å². The standard InChI is InChI=1S/C13H18ClNO/c1-16-6-2-5-15-13-8-10-3-4-12(14)7-11(10)9-13/h3-4,7,13,15H,2,5-6,8-9H2,1H3. The van der Waals surface area contributed by atoms with E-state index in [-0.39, 0.29) is 0 Å². The summed E-state index contributed by atoms with van der Waals surface area (Å²) < 4.78 is 5.03. The molecule has 1 aliphatic carbocycles. The molecule has 3 heteroatoms. The predicted octanol–water partition coefficient (Wildman–Crippen LogP) is 2.43. The van der Waals surface area contributed by atoms with Crippen LogP contribution in [0.1, 0.15) is 17.5 Å². The maximum absolute atomic E-state index is 5.98. The van der Waals surface area contributed by atoms with Crippen LogP contribution < -0.4 is 5.32 Å². The van der Waals surface area contributed by atoms with Crippen LogP contribution >= 0.6 is 11.6 Å². The molecule has 88 valence electrons. The SMILES string of the molecule is COCCCNC1Cc2ccc(Cl)cc2C1. The van der Waals surface area contributed by atoms with Crippen LogP contribution in [0.4, 0.5) is 0 Å². The molecule has 0 aromatic heterocycles. The highest BCUT2D eigenvalue weighted by Gasteiger charge is 2.20. The van der Waals surface area contributed by atoms with E-state index >= 15 is 0 Å². The third-order valence-corrected chi connectivity index (χ3v) is 3.29. The van der Waals surface area contributed by atoms with Gasteiger partial charge in [0.1, 0.15) is 0 Å². The molecule has 0 bridgehead atoms. The number of nitrogens with one attached hydrogen (secondary N) is 1. The van der Waals surface area contributed by atoms with Gasteiger partial charge in [0.25, 0.3) is 0 Å². The zero-order chi connectivity index (χ0) is 11.4. The maximum Gasteiger partial charge on any atom is 0.0474 e. The molecule has 16 heavy (non-hydrogen) atoms. The van der Waals surface area contributed by atoms with E-state index in [9.17, 15) is 0 Å². The summed E-state index contributed by atoms with van der Waals surface area (Å²) in [5, 5.41) is 4.41. The van der Waals surface area contributed by atoms with Gasteiger partial charge in [-0.15, -0.1) is 0 Å². The number of fused-ring (bicyclic) bond motifs is 1. The van der Waals surface area contributed by atoms with Gasteiger partial charge in [0.05, 0.1) is 0 Å². The summed E-state index contributed by atoms with van der Waals surface area (Å²) in [4.78, 5) is 0. The normalized spacial score (nSPS) is 18.8. The van der Waals surface area contributed by atoms with Gasteiger partial charge in [0.15, 0.2) is 0 Å². The summed E-state index contributed by atoms with van der Waals surface area (Å²) >= 11 is 5.98. The first-order valence-electron chi connectivity index (χ1n) is 5.79. The fourth-order valence-corrected chi connectivity index (χ4v) is 2.45. The minimum atomic E-state index is 0.574. The first kappa shape index (κ1) is 11.9. The summed E-state index contributed by atoms with van der Waals surface area (Å²) in [6, 6.07) is 6.79. The summed E-state index contributed by atoms with van der Waals surface area (Å²) in [7, 11) is 1.74. The lowest BCUT2D eigenvalue weighted by atomic mass is 10.1. The molecule has 1 atom stereocenters. The van der Waals surface area contributed by atoms with E-state index in [0.29, 0.717) is 6.04 Å². The minimum Gasteiger partial charge on any atom is -0.385 e. The van der Waals surface area contributed by atoms with E-state index in [4.69, 9.17) is 16.3 Å². The van der Waals surface area contributed by atoms with Crippen LogP contribution in [-0.4, -0.2) is 26.3 Å². The monoisotopic (exact) mass is 239 g/mol. The average molecular weight is 240 g/mol. The Morgan fingerprint density at radius 1 is 1.38 bits per heavy atom. The Morgan fingerprint density at radius 2 is 2.19 bits per heavy atom. The lowest BCUT2D eigenvalue weighted by Crippen LogP contribution is -2.30. The molecule has 0 saturated heterocycles. The fraction of sp³-hybridized carbons (Fsp3) is 0.538. The molecule has 0 fully saturated rings. The third-order valence-electron chi connectivity index (χ3n) is 3.06. The summed E-state index contributed by atoms with van der Waals surface area (Å²) in [6.07, 6.45) is 3.30. The highest BCUT2D eigenvalue weighted by molar-refractivity contribution is 6.30. The van der Waals surface area contributed by atoms with Gasteiger partial charge in [-0.25, -0.2) is 0 Å². The van der Waals surface area contributed by atoms with E-state index in [2.05, 4.69) is 17.4 Å². The zero-order valence-corrected chi connectivity index (χ0v) is 10.4. The molecule has 0 aliphatic heterocycles. The maximum atomic E-state index is 5.98. The Hall–Kier alpha value is -0.570. The Morgan fingerprint density at radius 3 is 3.00 bits per heavy atom. The van der Waals surface area contributed by atoms with Crippen molar-refractivity contribution in [1.29, 1.82) is 0 Å². The lowest BCUT2D eigenvalue weighted by Gasteiger charge is -2.11. The molecule has 1 aromatic carbocycles. The number of hydrogen-bond donors (Lipinski definition) is 1. The highest BCUT2D eigenvalue weighted by atomic mass is 35.5. The molecule has 1 unspecified atom stereocenters. The second kappa shape index (κ2) is 5.67. The van der Waals surface area contributed by atoms with Crippen LogP contribution in [0.15, 0.2) is 18.2 Å². The van der Waals surface area contributed by atoms with Crippen molar-refractivity contribution in [2.75, 3.05) is 20.3 Å². The van der Waals surface area contributed by atoms with Crippen molar-refractivity contribution in [1.82, 2.24) is 5.32 Å². The van der Waals surface area contributed by atoms with E-state index < -0.39 is 0 Å². The number of methoxy groups -OCH3 is 1. The van der Waals surface area contributed by atoms with Gasteiger partial charge in [0.2, 0.25) is 0 Å². The van der Waals surface area contributed by atoms with Gasteiger partial charge in [-0.1, -0.05) is 17.7 Å². The molecule has 0 radical (unpaired) electrons. The van der Waals surface area contributed by atoms with Crippen molar-refractivity contribution >= 4 is 11.6 Å². The van der Waals surface area contributed by atoms with Crippen molar-refractivity contribution in [3.8, 4) is 0 Å². The summed E-state index contributed by atoms with van der Waals surface area (Å²) in [5.41, 5.74) is 2.84. The van der Waals surface area contributed by atoms with Gasteiger partial charge in [-0.2, -0.15) is 0 Å². The zero-order valence-electron chi connectivity index (χ0n) is 9.63. The Labute approximate surface area is 102 Å². The molecule has 0 saturated carbocycles. The Balaban J connectivity index is 1.81. The van der Waals surface area contributed by atoms with Gasteiger partial charge in [-0.3, -0.25) is 0 Å². The van der Waals surface area contributed by atoms with E-state index in [1.54, 1.807) is 7.11 Å². The van der Waals surface area contributed by atoms with Gasteiger partial charge >= 0.3 is 0 Å². The molecule has 0 amide bonds. The Bertz CT molecular complexity index is 354. The van der Waals surface area contributed by atoms with Crippen LogP contribution in [0.3, 0.4) is 0 Å². The molecule has 1 N–H and O–H groups in total. The second-order valence-electron chi connectivity index (χ2n) is 4.32.